The van der Waals surface area contributed by atoms with Crippen molar-refractivity contribution in [1.29, 1.82) is 0 Å². The lowest BCUT2D eigenvalue weighted by molar-refractivity contribution is -0.206. The number of carbonyl (C=O) groups is 5. The van der Waals surface area contributed by atoms with E-state index in [-0.39, 0.29) is 24.6 Å². The van der Waals surface area contributed by atoms with Gasteiger partial charge in [-0.05, 0) is 51.1 Å². The maximum Gasteiger partial charge on any atom is 0.326 e. The van der Waals surface area contributed by atoms with E-state index in [1.165, 1.54) is 14.0 Å². The number of carbonyl (C=O) groups excluding carboxylic acids is 3. The second-order valence-electron chi connectivity index (χ2n) is 11.4. The monoisotopic (exact) mass is 602 g/mol. The number of benzene rings is 1. The second-order valence-corrected chi connectivity index (χ2v) is 11.4. The van der Waals surface area contributed by atoms with Crippen LogP contribution in [0, 0.1) is 0 Å². The molecule has 2 bridgehead atoms. The van der Waals surface area contributed by atoms with Crippen LogP contribution in [0.2, 0.25) is 0 Å². The number of carboxylic acids is 2. The summed E-state index contributed by atoms with van der Waals surface area (Å²) < 4.78 is 24.2. The van der Waals surface area contributed by atoms with Crippen LogP contribution in [-0.4, -0.2) is 101 Å². The molecule has 1 aromatic rings. The molecule has 2 heterocycles. The largest absolute Gasteiger partial charge is 0.493 e. The van der Waals surface area contributed by atoms with E-state index in [0.717, 1.165) is 11.1 Å². The highest BCUT2D eigenvalue weighted by Gasteiger charge is 2.74. The lowest BCUT2D eigenvalue weighted by Gasteiger charge is -2.62. The number of nitrogens with zero attached hydrogens (tertiary/aromatic N) is 1. The highest BCUT2D eigenvalue weighted by molar-refractivity contribution is 5.89. The molecule has 5 rings (SSSR count). The number of hydrogen-bond acceptors (Lipinski definition) is 11. The molecule has 4 aliphatic rings. The van der Waals surface area contributed by atoms with Crippen molar-refractivity contribution in [1.82, 2.24) is 10.2 Å². The van der Waals surface area contributed by atoms with Gasteiger partial charge in [0.05, 0.1) is 37.8 Å². The molecule has 1 saturated heterocycles. The van der Waals surface area contributed by atoms with Gasteiger partial charge < -0.3 is 39.6 Å². The van der Waals surface area contributed by atoms with E-state index in [4.69, 9.17) is 24.1 Å². The molecular formula is C29H34N2O12. The van der Waals surface area contributed by atoms with E-state index in [2.05, 4.69) is 10.2 Å². The second kappa shape index (κ2) is 11.2. The van der Waals surface area contributed by atoms with Crippen LogP contribution in [0.3, 0.4) is 0 Å². The fourth-order valence-electron chi connectivity index (χ4n) is 7.05. The number of carboxylic acid groups (broad SMARTS) is 2. The van der Waals surface area contributed by atoms with Crippen LogP contribution >= 0.6 is 0 Å². The lowest BCUT2D eigenvalue weighted by atomic mass is 9.50. The van der Waals surface area contributed by atoms with E-state index >= 15 is 0 Å². The minimum Gasteiger partial charge on any atom is -0.493 e. The highest BCUT2D eigenvalue weighted by atomic mass is 16.6. The number of esters is 2. The SMILES string of the molecule is COc1ccc2c3c1O[C@@H]1C(OC(=O)CCC(=O)O)=CC[C@]4(OC(=O)C[C@H](NC(=O)[C@H](C)O)C(=O)O)[C@H](C2)N(C)CC[C@@]314. The summed E-state index contributed by atoms with van der Waals surface area (Å²) in [6.45, 7) is 1.75. The Morgan fingerprint density at radius 2 is 1.91 bits per heavy atom. The number of hydrogen-bond donors (Lipinski definition) is 4. The van der Waals surface area contributed by atoms with Crippen LogP contribution in [0.1, 0.15) is 50.2 Å². The van der Waals surface area contributed by atoms with Gasteiger partial charge in [0.25, 0.3) is 0 Å². The maximum absolute atomic E-state index is 13.6. The number of likely N-dealkylation sites (N-methyl/N-ethyl adjacent to an activating group) is 1. The number of piperidine rings is 1. The predicted octanol–water partition coefficient (Wildman–Crippen LogP) is 0.272. The molecule has 2 aliphatic carbocycles. The van der Waals surface area contributed by atoms with Gasteiger partial charge in [-0.25, -0.2) is 4.79 Å². The summed E-state index contributed by atoms with van der Waals surface area (Å²) >= 11 is 0. The Kier molecular flexibility index (Phi) is 7.86. The van der Waals surface area contributed by atoms with Gasteiger partial charge in [-0.1, -0.05) is 6.07 Å². The van der Waals surface area contributed by atoms with E-state index in [9.17, 15) is 34.2 Å². The smallest absolute Gasteiger partial charge is 0.326 e. The number of likely N-dealkylation sites (tertiary alicyclic amines) is 1. The Balaban J connectivity index is 1.57. The number of methoxy groups -OCH3 is 1. The average molecular weight is 603 g/mol. The zero-order valence-electron chi connectivity index (χ0n) is 24.0. The van der Waals surface area contributed by atoms with Crippen LogP contribution < -0.4 is 14.8 Å². The van der Waals surface area contributed by atoms with E-state index < -0.39 is 71.9 Å². The molecule has 1 aromatic carbocycles. The van der Waals surface area contributed by atoms with Crippen molar-refractivity contribution in [3.63, 3.8) is 0 Å². The van der Waals surface area contributed by atoms with Gasteiger partial charge in [0.1, 0.15) is 23.5 Å². The van der Waals surface area contributed by atoms with Crippen molar-refractivity contribution < 1.29 is 58.2 Å². The zero-order chi connectivity index (χ0) is 31.3. The number of aliphatic hydroxyl groups excluding tert-OH is 1. The molecule has 4 N–H and O–H groups in total. The predicted molar refractivity (Wildman–Crippen MR) is 144 cm³/mol. The highest BCUT2D eigenvalue weighted by Crippen LogP contribution is 2.66. The van der Waals surface area contributed by atoms with Gasteiger partial charge in [-0.2, -0.15) is 0 Å². The summed E-state index contributed by atoms with van der Waals surface area (Å²) in [6, 6.07) is 1.68. The summed E-state index contributed by atoms with van der Waals surface area (Å²) in [7, 11) is 3.40. The van der Waals surface area contributed by atoms with Crippen LogP contribution in [-0.2, 0) is 45.3 Å². The van der Waals surface area contributed by atoms with Crippen LogP contribution in [0.25, 0.3) is 0 Å². The number of amides is 1. The first-order chi connectivity index (χ1) is 20.3. The van der Waals surface area contributed by atoms with Crippen LogP contribution in [0.4, 0.5) is 0 Å². The van der Waals surface area contributed by atoms with Crippen molar-refractivity contribution in [2.45, 2.75) is 80.8 Å². The minimum absolute atomic E-state index is 0.0863. The Bertz CT molecular complexity index is 1410. The number of nitrogens with one attached hydrogen (secondary N) is 1. The molecule has 0 radical (unpaired) electrons. The summed E-state index contributed by atoms with van der Waals surface area (Å²) in [6.07, 6.45) is -1.31. The van der Waals surface area contributed by atoms with Gasteiger partial charge in [-0.15, -0.1) is 0 Å². The van der Waals surface area contributed by atoms with E-state index in [1.54, 1.807) is 12.1 Å². The fourth-order valence-corrected chi connectivity index (χ4v) is 7.05. The minimum atomic E-state index is -1.65. The molecular weight excluding hydrogens is 568 g/mol. The first-order valence-electron chi connectivity index (χ1n) is 14.0. The number of aliphatic carboxylic acids is 2. The molecule has 1 amide bonds. The first-order valence-corrected chi connectivity index (χ1v) is 14.0. The van der Waals surface area contributed by atoms with E-state index in [1.807, 2.05) is 13.1 Å². The summed E-state index contributed by atoms with van der Waals surface area (Å²) in [5, 5.41) is 30.4. The van der Waals surface area contributed by atoms with Gasteiger partial charge in [0, 0.05) is 12.0 Å². The number of ether oxygens (including phenoxy) is 4. The third-order valence-corrected chi connectivity index (χ3v) is 8.96. The maximum atomic E-state index is 13.6. The Hall–Kier alpha value is -4.17. The molecule has 14 nitrogen and oxygen atoms in total. The Morgan fingerprint density at radius 3 is 2.56 bits per heavy atom. The summed E-state index contributed by atoms with van der Waals surface area (Å²) in [4.78, 5) is 63.3. The third kappa shape index (κ3) is 4.87. The standard InChI is InChI=1S/C29H34N2O12/c1-14(32)26(37)30-16(27(38)39)13-22(36)43-29-9-8-18(41-21(35)7-6-20(33)34)25-28(29)10-11-31(2)19(29)12-15-4-5-17(40-3)24(42-25)23(15)28/h4-5,8,14,16,19,25,32H,6-7,9-13H2,1-3H3,(H,30,37)(H,33,34)(H,38,39)/t14-,16-,19-,25+,28+,29-/m0/s1. The van der Waals surface area contributed by atoms with Crippen LogP contribution in [0.15, 0.2) is 24.0 Å². The lowest BCUT2D eigenvalue weighted by Crippen LogP contribution is -2.75. The quantitative estimate of drug-likeness (QED) is 0.252. The van der Waals surface area contributed by atoms with Crippen molar-refractivity contribution in [3.05, 3.63) is 35.1 Å². The molecule has 14 heteroatoms. The Labute approximate surface area is 246 Å². The summed E-state index contributed by atoms with van der Waals surface area (Å²) in [5.74, 6) is -4.17. The molecule has 0 aromatic heterocycles. The molecule has 0 unspecified atom stereocenters. The Morgan fingerprint density at radius 1 is 1.16 bits per heavy atom. The molecule has 1 fully saturated rings. The third-order valence-electron chi connectivity index (χ3n) is 8.96. The van der Waals surface area contributed by atoms with Gasteiger partial charge in [-0.3, -0.25) is 24.1 Å². The average Bonchev–Trinajstić information content (AvgIpc) is 3.30. The topological polar surface area (TPSA) is 198 Å². The fraction of sp³-hybridized carbons (Fsp3) is 0.552. The zero-order valence-corrected chi connectivity index (χ0v) is 24.0. The van der Waals surface area contributed by atoms with E-state index in [0.29, 0.717) is 30.9 Å². The molecule has 1 spiro atoms. The molecule has 0 saturated carbocycles. The van der Waals surface area contributed by atoms with Crippen molar-refractivity contribution in [3.8, 4) is 11.5 Å². The van der Waals surface area contributed by atoms with Crippen LogP contribution in [0.5, 0.6) is 11.5 Å². The number of aliphatic hydroxyl groups is 1. The van der Waals surface area contributed by atoms with Gasteiger partial charge in [0.15, 0.2) is 17.6 Å². The molecule has 6 atom stereocenters. The molecule has 2 aliphatic heterocycles. The van der Waals surface area contributed by atoms with Crippen molar-refractivity contribution >= 4 is 29.8 Å². The van der Waals surface area contributed by atoms with Gasteiger partial charge >= 0.3 is 23.9 Å². The molecule has 43 heavy (non-hydrogen) atoms. The van der Waals surface area contributed by atoms with Gasteiger partial charge in [0.2, 0.25) is 5.91 Å². The van der Waals surface area contributed by atoms with Crippen molar-refractivity contribution in [2.24, 2.45) is 0 Å². The molecule has 232 valence electrons. The van der Waals surface area contributed by atoms with Crippen molar-refractivity contribution in [2.75, 3.05) is 20.7 Å². The first kappa shape index (κ1) is 30.3. The normalized spacial score (nSPS) is 27.9. The summed E-state index contributed by atoms with van der Waals surface area (Å²) in [5.41, 5.74) is -0.651. The number of rotatable bonds is 11.